The van der Waals surface area contributed by atoms with E-state index in [1.807, 2.05) is 12.1 Å². The molecule has 0 aliphatic carbocycles. The average molecular weight is 378 g/mol. The Kier molecular flexibility index (Phi) is 4.71. The molecular formula is C17H20BrN3O2. The number of carbonyl (C=O) groups excluding carboxylic acids is 1. The van der Waals surface area contributed by atoms with Crippen LogP contribution in [-0.2, 0) is 4.74 Å². The van der Waals surface area contributed by atoms with Gasteiger partial charge in [-0.05, 0) is 53.9 Å². The highest BCUT2D eigenvalue weighted by molar-refractivity contribution is 9.10. The number of esters is 1. The lowest BCUT2D eigenvalue weighted by Crippen LogP contribution is -2.33. The molecule has 0 radical (unpaired) electrons. The Balaban J connectivity index is 1.75. The first-order valence-electron chi connectivity index (χ1n) is 7.73. The number of methoxy groups -OCH3 is 1. The van der Waals surface area contributed by atoms with E-state index in [9.17, 15) is 4.79 Å². The monoisotopic (exact) mass is 377 g/mol. The maximum atomic E-state index is 11.7. The van der Waals surface area contributed by atoms with Crippen molar-refractivity contribution in [2.75, 3.05) is 25.1 Å². The van der Waals surface area contributed by atoms with Gasteiger partial charge in [0.05, 0.1) is 30.4 Å². The van der Waals surface area contributed by atoms with Crippen LogP contribution < -0.4 is 4.90 Å². The molecule has 2 heterocycles. The molecule has 23 heavy (non-hydrogen) atoms. The number of H-pyrrole nitrogens is 1. The number of nitrogens with zero attached hydrogens (tertiary/aromatic N) is 2. The van der Waals surface area contributed by atoms with Crippen LogP contribution in [0.3, 0.4) is 0 Å². The molecule has 1 aliphatic rings. The van der Waals surface area contributed by atoms with Gasteiger partial charge >= 0.3 is 5.97 Å². The van der Waals surface area contributed by atoms with E-state index in [1.54, 1.807) is 12.4 Å². The molecule has 0 spiro atoms. The van der Waals surface area contributed by atoms with Crippen molar-refractivity contribution < 1.29 is 9.53 Å². The Morgan fingerprint density at radius 1 is 1.39 bits per heavy atom. The number of aromatic amines is 1. The van der Waals surface area contributed by atoms with E-state index in [-0.39, 0.29) is 5.97 Å². The number of carbonyl (C=O) groups is 1. The van der Waals surface area contributed by atoms with Crippen LogP contribution in [0.4, 0.5) is 5.69 Å². The smallest absolute Gasteiger partial charge is 0.337 e. The number of anilines is 1. The van der Waals surface area contributed by atoms with Crippen molar-refractivity contribution in [3.05, 3.63) is 46.0 Å². The fraction of sp³-hybridized carbons (Fsp3) is 0.412. The molecule has 0 amide bonds. The van der Waals surface area contributed by atoms with Crippen LogP contribution in [0.25, 0.3) is 0 Å². The van der Waals surface area contributed by atoms with Gasteiger partial charge in [0.1, 0.15) is 0 Å². The highest BCUT2D eigenvalue weighted by Crippen LogP contribution is 2.34. The minimum atomic E-state index is -0.305. The second kappa shape index (κ2) is 6.74. The van der Waals surface area contributed by atoms with Crippen LogP contribution in [0.1, 0.15) is 40.5 Å². The van der Waals surface area contributed by atoms with E-state index in [0.717, 1.165) is 41.8 Å². The minimum Gasteiger partial charge on any atom is -0.465 e. The summed E-state index contributed by atoms with van der Waals surface area (Å²) >= 11 is 3.59. The molecule has 122 valence electrons. The molecule has 0 saturated carbocycles. The summed E-state index contributed by atoms with van der Waals surface area (Å²) in [5.41, 5.74) is 3.98. The molecule has 1 aromatic carbocycles. The lowest BCUT2D eigenvalue weighted by atomic mass is 9.92. The Labute approximate surface area is 144 Å². The Hall–Kier alpha value is -1.82. The van der Waals surface area contributed by atoms with Crippen molar-refractivity contribution in [3.8, 4) is 0 Å². The largest absolute Gasteiger partial charge is 0.465 e. The maximum Gasteiger partial charge on any atom is 0.337 e. The number of aromatic nitrogens is 2. The molecule has 1 aromatic heterocycles. The Morgan fingerprint density at radius 2 is 2.13 bits per heavy atom. The number of hydrogen-bond acceptors (Lipinski definition) is 4. The summed E-state index contributed by atoms with van der Waals surface area (Å²) in [6, 6.07) is 5.58. The van der Waals surface area contributed by atoms with Crippen LogP contribution in [0, 0.1) is 6.92 Å². The van der Waals surface area contributed by atoms with Gasteiger partial charge in [0.25, 0.3) is 0 Å². The molecule has 0 atom stereocenters. The van der Waals surface area contributed by atoms with E-state index >= 15 is 0 Å². The van der Waals surface area contributed by atoms with Crippen molar-refractivity contribution >= 4 is 27.6 Å². The van der Waals surface area contributed by atoms with Crippen LogP contribution in [0.2, 0.25) is 0 Å². The molecule has 0 unspecified atom stereocenters. The number of nitrogens with one attached hydrogen (secondary N) is 1. The number of ether oxygens (including phenoxy) is 1. The second-order valence-corrected chi connectivity index (χ2v) is 6.69. The fourth-order valence-electron chi connectivity index (χ4n) is 3.17. The highest BCUT2D eigenvalue weighted by atomic mass is 79.9. The van der Waals surface area contributed by atoms with Gasteiger partial charge in [-0.1, -0.05) is 0 Å². The SMILES string of the molecule is COC(=O)c1ccc(Br)c(N2CCC(c3nc[nH]c3C)CC2)c1. The third-order valence-electron chi connectivity index (χ3n) is 4.46. The third-order valence-corrected chi connectivity index (χ3v) is 5.13. The quantitative estimate of drug-likeness (QED) is 0.829. The third kappa shape index (κ3) is 3.27. The zero-order valence-electron chi connectivity index (χ0n) is 13.3. The van der Waals surface area contributed by atoms with Gasteiger partial charge in [0.2, 0.25) is 0 Å². The second-order valence-electron chi connectivity index (χ2n) is 5.83. The number of halogens is 1. The molecule has 0 bridgehead atoms. The number of piperidine rings is 1. The van der Waals surface area contributed by atoms with E-state index in [2.05, 4.69) is 37.7 Å². The molecule has 1 fully saturated rings. The van der Waals surface area contributed by atoms with E-state index in [4.69, 9.17) is 4.74 Å². The summed E-state index contributed by atoms with van der Waals surface area (Å²) < 4.78 is 5.81. The number of rotatable bonds is 3. The topological polar surface area (TPSA) is 58.2 Å². The van der Waals surface area contributed by atoms with Crippen LogP contribution >= 0.6 is 15.9 Å². The van der Waals surface area contributed by atoms with Crippen LogP contribution in [0.5, 0.6) is 0 Å². The van der Waals surface area contributed by atoms with Gasteiger partial charge in [0, 0.05) is 29.2 Å². The normalized spacial score (nSPS) is 15.7. The van der Waals surface area contributed by atoms with E-state index in [1.165, 1.54) is 12.8 Å². The summed E-state index contributed by atoms with van der Waals surface area (Å²) in [4.78, 5) is 21.7. The molecule has 1 saturated heterocycles. The molecule has 5 nitrogen and oxygen atoms in total. The van der Waals surface area contributed by atoms with Crippen molar-refractivity contribution in [1.29, 1.82) is 0 Å². The molecule has 3 rings (SSSR count). The van der Waals surface area contributed by atoms with Gasteiger partial charge in [-0.25, -0.2) is 9.78 Å². The van der Waals surface area contributed by atoms with Gasteiger partial charge in [-0.2, -0.15) is 0 Å². The highest BCUT2D eigenvalue weighted by Gasteiger charge is 2.25. The first-order chi connectivity index (χ1) is 11.1. The van der Waals surface area contributed by atoms with E-state index < -0.39 is 0 Å². The molecule has 2 aromatic rings. The maximum absolute atomic E-state index is 11.7. The Morgan fingerprint density at radius 3 is 2.74 bits per heavy atom. The molecule has 6 heteroatoms. The minimum absolute atomic E-state index is 0.305. The molecular weight excluding hydrogens is 358 g/mol. The zero-order valence-corrected chi connectivity index (χ0v) is 14.9. The van der Waals surface area contributed by atoms with Crippen molar-refractivity contribution in [2.24, 2.45) is 0 Å². The Bertz CT molecular complexity index is 706. The van der Waals surface area contributed by atoms with Crippen molar-refractivity contribution in [2.45, 2.75) is 25.7 Å². The average Bonchev–Trinajstić information content (AvgIpc) is 3.01. The van der Waals surface area contributed by atoms with Gasteiger partial charge in [-0.3, -0.25) is 0 Å². The summed E-state index contributed by atoms with van der Waals surface area (Å²) in [5.74, 6) is 0.195. The van der Waals surface area contributed by atoms with Gasteiger partial charge in [0.15, 0.2) is 0 Å². The number of aryl methyl sites for hydroxylation is 1. The zero-order chi connectivity index (χ0) is 16.4. The summed E-state index contributed by atoms with van der Waals surface area (Å²) in [6.07, 6.45) is 3.88. The summed E-state index contributed by atoms with van der Waals surface area (Å²) in [5, 5.41) is 0. The van der Waals surface area contributed by atoms with Crippen LogP contribution in [0.15, 0.2) is 29.0 Å². The standard InChI is InChI=1S/C17H20BrN3O2/c1-11-16(20-10-19-11)12-5-7-21(8-6-12)15-9-13(17(22)23-2)3-4-14(15)18/h3-4,9-10,12H,5-8H2,1-2H3,(H,19,20). The van der Waals surface area contributed by atoms with Gasteiger partial charge < -0.3 is 14.6 Å². The van der Waals surface area contributed by atoms with E-state index in [0.29, 0.717) is 11.5 Å². The number of imidazole rings is 1. The first-order valence-corrected chi connectivity index (χ1v) is 8.52. The number of benzene rings is 1. The summed E-state index contributed by atoms with van der Waals surface area (Å²) in [6.45, 7) is 3.96. The number of hydrogen-bond donors (Lipinski definition) is 1. The summed E-state index contributed by atoms with van der Waals surface area (Å²) in [7, 11) is 1.40. The van der Waals surface area contributed by atoms with Crippen molar-refractivity contribution in [3.63, 3.8) is 0 Å². The fourth-order valence-corrected chi connectivity index (χ4v) is 3.67. The molecule has 1 aliphatic heterocycles. The van der Waals surface area contributed by atoms with Crippen LogP contribution in [-0.4, -0.2) is 36.1 Å². The lowest BCUT2D eigenvalue weighted by molar-refractivity contribution is 0.0600. The first kappa shape index (κ1) is 16.1. The molecule has 1 N–H and O–H groups in total. The van der Waals surface area contributed by atoms with Crippen molar-refractivity contribution in [1.82, 2.24) is 9.97 Å². The lowest BCUT2D eigenvalue weighted by Gasteiger charge is -2.34. The van der Waals surface area contributed by atoms with Gasteiger partial charge in [-0.15, -0.1) is 0 Å². The predicted octanol–water partition coefficient (Wildman–Crippen LogP) is 3.65. The predicted molar refractivity (Wildman–Crippen MR) is 93.0 cm³/mol.